The minimum Gasteiger partial charge on any atom is -0.378 e. The molecule has 3 heterocycles. The van der Waals surface area contributed by atoms with E-state index in [1.54, 1.807) is 12.1 Å². The maximum atomic E-state index is 13.4. The van der Waals surface area contributed by atoms with E-state index < -0.39 is 0 Å². The number of amides is 1. The smallest absolute Gasteiger partial charge is 0.256 e. The van der Waals surface area contributed by atoms with Crippen LogP contribution in [0.1, 0.15) is 10.4 Å². The third kappa shape index (κ3) is 3.86. The van der Waals surface area contributed by atoms with Gasteiger partial charge in [0.05, 0.1) is 23.5 Å². The van der Waals surface area contributed by atoms with Crippen molar-refractivity contribution >= 4 is 44.7 Å². The van der Waals surface area contributed by atoms with Crippen LogP contribution in [-0.4, -0.2) is 67.7 Å². The Morgan fingerprint density at radius 3 is 2.52 bits per heavy atom. The molecule has 0 atom stereocenters. The van der Waals surface area contributed by atoms with Crippen molar-refractivity contribution in [2.75, 3.05) is 62.3 Å². The van der Waals surface area contributed by atoms with Gasteiger partial charge in [-0.05, 0) is 47.0 Å². The summed E-state index contributed by atoms with van der Waals surface area (Å²) in [5.74, 6) is 0.934. The van der Waals surface area contributed by atoms with Crippen LogP contribution in [0.2, 0.25) is 0 Å². The summed E-state index contributed by atoms with van der Waals surface area (Å²) in [5, 5.41) is 4.20. The summed E-state index contributed by atoms with van der Waals surface area (Å²) >= 11 is 1.51. The largest absolute Gasteiger partial charge is 0.378 e. The van der Waals surface area contributed by atoms with Crippen molar-refractivity contribution in [2.24, 2.45) is 5.18 Å². The number of fused-ring (bicyclic) bond motifs is 1. The summed E-state index contributed by atoms with van der Waals surface area (Å²) in [5.41, 5.74) is 1.65. The molecule has 160 valence electrons. The fourth-order valence-corrected chi connectivity index (χ4v) is 5.02. The van der Waals surface area contributed by atoms with Gasteiger partial charge in [0.1, 0.15) is 11.5 Å². The molecule has 0 aliphatic carbocycles. The Labute approximate surface area is 184 Å². The number of aromatic nitrogens is 1. The molecule has 5 rings (SSSR count). The number of nitrogens with zero attached hydrogens (tertiary/aromatic N) is 5. The van der Waals surface area contributed by atoms with Crippen LogP contribution in [-0.2, 0) is 4.74 Å². The Balaban J connectivity index is 1.35. The van der Waals surface area contributed by atoms with Crippen molar-refractivity contribution in [3.05, 3.63) is 52.9 Å². The zero-order valence-electron chi connectivity index (χ0n) is 17.1. The Bertz CT molecular complexity index is 1100. The lowest BCUT2D eigenvalue weighted by molar-refractivity contribution is 0.0746. The Hall–Kier alpha value is -3.04. The quantitative estimate of drug-likeness (QED) is 0.582. The number of carbonyl (C=O) groups is 1. The number of hydrogen-bond donors (Lipinski definition) is 0. The summed E-state index contributed by atoms with van der Waals surface area (Å²) < 4.78 is 11.3. The predicted molar refractivity (Wildman–Crippen MR) is 123 cm³/mol. The zero-order valence-corrected chi connectivity index (χ0v) is 17.9. The minimum absolute atomic E-state index is 0.0604. The molecule has 31 heavy (non-hydrogen) atoms. The van der Waals surface area contributed by atoms with Gasteiger partial charge in [-0.1, -0.05) is 12.1 Å². The maximum absolute atomic E-state index is 13.4. The highest BCUT2D eigenvalue weighted by Crippen LogP contribution is 2.31. The van der Waals surface area contributed by atoms with E-state index in [0.717, 1.165) is 43.1 Å². The number of morpholine rings is 1. The molecule has 2 aromatic carbocycles. The number of rotatable bonds is 4. The first kappa shape index (κ1) is 19.9. The number of hydrogen-bond acceptors (Lipinski definition) is 8. The maximum Gasteiger partial charge on any atom is 0.256 e. The molecule has 1 aromatic heterocycles. The highest BCUT2D eigenvalue weighted by Gasteiger charge is 2.27. The van der Waals surface area contributed by atoms with Gasteiger partial charge < -0.3 is 19.4 Å². The van der Waals surface area contributed by atoms with Crippen LogP contribution in [0.25, 0.3) is 10.1 Å². The fraction of sp³-hybridized carbons (Fsp3) is 0.364. The third-order valence-corrected chi connectivity index (χ3v) is 6.71. The van der Waals surface area contributed by atoms with Crippen LogP contribution >= 0.6 is 11.5 Å². The molecule has 1 amide bonds. The average molecular weight is 438 g/mol. The Morgan fingerprint density at radius 1 is 0.968 bits per heavy atom. The number of benzene rings is 2. The fourth-order valence-electron chi connectivity index (χ4n) is 4.22. The molecule has 8 nitrogen and oxygen atoms in total. The topological polar surface area (TPSA) is 78.3 Å². The molecule has 2 saturated heterocycles. The summed E-state index contributed by atoms with van der Waals surface area (Å²) in [4.78, 5) is 30.8. The van der Waals surface area contributed by atoms with Crippen LogP contribution in [0.15, 0.2) is 47.6 Å². The van der Waals surface area contributed by atoms with Gasteiger partial charge in [-0.25, -0.2) is 0 Å². The number of ether oxygens (including phenoxy) is 1. The second-order valence-electron chi connectivity index (χ2n) is 7.67. The highest BCUT2D eigenvalue weighted by molar-refractivity contribution is 7.13. The van der Waals surface area contributed by atoms with E-state index in [4.69, 9.17) is 4.74 Å². The van der Waals surface area contributed by atoms with Crippen molar-refractivity contribution in [3.8, 4) is 0 Å². The molecule has 0 spiro atoms. The molecule has 0 saturated carbocycles. The van der Waals surface area contributed by atoms with Gasteiger partial charge >= 0.3 is 0 Å². The lowest BCUT2D eigenvalue weighted by atomic mass is 10.1. The zero-order chi connectivity index (χ0) is 21.2. The van der Waals surface area contributed by atoms with Gasteiger partial charge in [0, 0.05) is 50.3 Å². The highest BCUT2D eigenvalue weighted by atomic mass is 32.1. The third-order valence-electron chi connectivity index (χ3n) is 5.89. The van der Waals surface area contributed by atoms with Crippen molar-refractivity contribution in [1.82, 2.24) is 9.27 Å². The van der Waals surface area contributed by atoms with Gasteiger partial charge in [0.25, 0.3) is 5.91 Å². The molecule has 2 aliphatic heterocycles. The van der Waals surface area contributed by atoms with E-state index in [1.165, 1.54) is 16.2 Å². The minimum atomic E-state index is -0.0604. The molecule has 0 unspecified atom stereocenters. The van der Waals surface area contributed by atoms with Crippen molar-refractivity contribution in [1.29, 1.82) is 0 Å². The van der Waals surface area contributed by atoms with E-state index in [-0.39, 0.29) is 11.6 Å². The SMILES string of the molecule is O=Nc1ccc(N2CCOCC2)c(C(=O)N2CCN(c3nsc4ccccc34)CC2)c1. The van der Waals surface area contributed by atoms with Gasteiger partial charge in [-0.15, -0.1) is 4.91 Å². The first-order chi connectivity index (χ1) is 15.2. The number of piperazine rings is 1. The summed E-state index contributed by atoms with van der Waals surface area (Å²) in [6, 6.07) is 13.3. The van der Waals surface area contributed by atoms with E-state index in [2.05, 4.69) is 31.5 Å². The molecule has 0 bridgehead atoms. The van der Waals surface area contributed by atoms with E-state index in [9.17, 15) is 9.70 Å². The molecule has 0 N–H and O–H groups in total. The van der Waals surface area contributed by atoms with Crippen LogP contribution in [0.4, 0.5) is 17.2 Å². The summed E-state index contributed by atoms with van der Waals surface area (Å²) in [6.45, 7) is 5.34. The molecule has 9 heteroatoms. The first-order valence-electron chi connectivity index (χ1n) is 10.4. The van der Waals surface area contributed by atoms with E-state index in [1.807, 2.05) is 23.1 Å². The predicted octanol–water partition coefficient (Wildman–Crippen LogP) is 3.49. The molecule has 0 radical (unpaired) electrons. The second kappa shape index (κ2) is 8.60. The van der Waals surface area contributed by atoms with Gasteiger partial charge in [0.15, 0.2) is 0 Å². The monoisotopic (exact) mass is 437 g/mol. The van der Waals surface area contributed by atoms with E-state index in [0.29, 0.717) is 31.9 Å². The molecule has 2 fully saturated rings. The van der Waals surface area contributed by atoms with Crippen molar-refractivity contribution in [3.63, 3.8) is 0 Å². The van der Waals surface area contributed by atoms with Crippen LogP contribution in [0, 0.1) is 4.91 Å². The van der Waals surface area contributed by atoms with E-state index >= 15 is 0 Å². The molecular weight excluding hydrogens is 414 g/mol. The molecule has 3 aromatic rings. The first-order valence-corrected chi connectivity index (χ1v) is 11.2. The lowest BCUT2D eigenvalue weighted by Crippen LogP contribution is -2.49. The lowest BCUT2D eigenvalue weighted by Gasteiger charge is -2.36. The molecular formula is C22H23N5O3S. The number of anilines is 2. The van der Waals surface area contributed by atoms with Gasteiger partial charge in [0.2, 0.25) is 0 Å². The van der Waals surface area contributed by atoms with Crippen molar-refractivity contribution in [2.45, 2.75) is 0 Å². The van der Waals surface area contributed by atoms with Crippen LogP contribution < -0.4 is 9.80 Å². The normalized spacial score (nSPS) is 17.2. The summed E-state index contributed by atoms with van der Waals surface area (Å²) in [6.07, 6.45) is 0. The van der Waals surface area contributed by atoms with Crippen LogP contribution in [0.5, 0.6) is 0 Å². The number of nitroso groups, excluding NO2 is 1. The Morgan fingerprint density at radius 2 is 1.74 bits per heavy atom. The standard InChI is InChI=1S/C22H23N5O3S/c28-22(18-15-16(23-29)5-6-19(18)25-11-13-30-14-12-25)27-9-7-26(8-10-27)21-17-3-1-2-4-20(17)31-24-21/h1-6,15H,7-14H2. The van der Waals surface area contributed by atoms with Gasteiger partial charge in [-0.3, -0.25) is 4.79 Å². The number of carbonyl (C=O) groups excluding carboxylic acids is 1. The molecule has 2 aliphatic rings. The van der Waals surface area contributed by atoms with Gasteiger partial charge in [-0.2, -0.15) is 4.37 Å². The Kier molecular flexibility index (Phi) is 5.52. The second-order valence-corrected chi connectivity index (χ2v) is 8.48. The average Bonchev–Trinajstić information content (AvgIpc) is 3.28. The van der Waals surface area contributed by atoms with Crippen LogP contribution in [0.3, 0.4) is 0 Å². The summed E-state index contributed by atoms with van der Waals surface area (Å²) in [7, 11) is 0. The van der Waals surface area contributed by atoms with Crippen molar-refractivity contribution < 1.29 is 9.53 Å².